The van der Waals surface area contributed by atoms with E-state index in [2.05, 4.69) is 27.2 Å². The average Bonchev–Trinajstić information content (AvgIpc) is 3.05. The number of hydrogen-bond acceptors (Lipinski definition) is 4. The van der Waals surface area contributed by atoms with Gasteiger partial charge < -0.3 is 5.11 Å². The Hall–Kier alpha value is -0.880. The molecule has 108 valence electrons. The van der Waals surface area contributed by atoms with Crippen molar-refractivity contribution in [2.75, 3.05) is 13.1 Å². The van der Waals surface area contributed by atoms with E-state index in [1.54, 1.807) is 11.3 Å². The van der Waals surface area contributed by atoms with Crippen molar-refractivity contribution >= 4 is 22.9 Å². The second kappa shape index (κ2) is 5.85. The van der Waals surface area contributed by atoms with E-state index >= 15 is 0 Å². The van der Waals surface area contributed by atoms with Gasteiger partial charge in [0, 0.05) is 36.1 Å². The van der Waals surface area contributed by atoms with Gasteiger partial charge in [-0.1, -0.05) is 11.6 Å². The number of H-pyrrole nitrogens is 1. The Morgan fingerprint density at radius 1 is 1.50 bits per heavy atom. The van der Waals surface area contributed by atoms with Crippen molar-refractivity contribution in [1.82, 2.24) is 15.1 Å². The van der Waals surface area contributed by atoms with Crippen LogP contribution in [0.25, 0.3) is 0 Å². The molecule has 0 bridgehead atoms. The minimum atomic E-state index is -0.276. The van der Waals surface area contributed by atoms with Crippen LogP contribution >= 0.6 is 22.9 Å². The highest BCUT2D eigenvalue weighted by molar-refractivity contribution is 7.16. The van der Waals surface area contributed by atoms with Gasteiger partial charge in [0.15, 0.2) is 0 Å². The number of rotatable bonds is 4. The molecule has 2 N–H and O–H groups in total. The molecule has 0 aromatic carbocycles. The van der Waals surface area contributed by atoms with Gasteiger partial charge in [-0.2, -0.15) is 5.10 Å². The van der Waals surface area contributed by atoms with Crippen LogP contribution in [0.5, 0.6) is 0 Å². The lowest BCUT2D eigenvalue weighted by molar-refractivity contribution is 0.140. The number of aliphatic hydroxyl groups excluding tert-OH is 1. The molecule has 4 nitrogen and oxygen atoms in total. The number of halogens is 1. The zero-order valence-electron chi connectivity index (χ0n) is 11.3. The lowest BCUT2D eigenvalue weighted by Crippen LogP contribution is -2.20. The van der Waals surface area contributed by atoms with Gasteiger partial charge in [0.1, 0.15) is 0 Å². The first-order chi connectivity index (χ1) is 9.60. The van der Waals surface area contributed by atoms with Crippen molar-refractivity contribution in [2.45, 2.75) is 26.0 Å². The third-order valence-corrected chi connectivity index (χ3v) is 4.94. The second-order valence-electron chi connectivity index (χ2n) is 5.47. The van der Waals surface area contributed by atoms with Crippen molar-refractivity contribution < 1.29 is 5.11 Å². The molecule has 3 rings (SSSR count). The van der Waals surface area contributed by atoms with E-state index in [4.69, 9.17) is 11.6 Å². The van der Waals surface area contributed by atoms with Gasteiger partial charge in [-0.3, -0.25) is 10.00 Å². The van der Waals surface area contributed by atoms with Crippen LogP contribution in [0.2, 0.25) is 4.34 Å². The normalized spacial score (nSPS) is 23.6. The Morgan fingerprint density at radius 3 is 3.00 bits per heavy atom. The fourth-order valence-electron chi connectivity index (χ4n) is 2.78. The van der Waals surface area contributed by atoms with Crippen LogP contribution in [0.1, 0.15) is 16.3 Å². The van der Waals surface area contributed by atoms with Crippen LogP contribution in [0, 0.1) is 12.8 Å². The van der Waals surface area contributed by atoms with Crippen LogP contribution in [0.4, 0.5) is 0 Å². The lowest BCUT2D eigenvalue weighted by Gasteiger charge is -2.13. The Kier molecular flexibility index (Phi) is 4.12. The topological polar surface area (TPSA) is 52.1 Å². The lowest BCUT2D eigenvalue weighted by atomic mass is 10.0. The predicted octanol–water partition coefficient (Wildman–Crippen LogP) is 2.47. The minimum Gasteiger partial charge on any atom is -0.391 e. The summed E-state index contributed by atoms with van der Waals surface area (Å²) >= 11 is 7.56. The predicted molar refractivity (Wildman–Crippen MR) is 81.1 cm³/mol. The number of hydrogen-bond donors (Lipinski definition) is 2. The highest BCUT2D eigenvalue weighted by Gasteiger charge is 2.31. The van der Waals surface area contributed by atoms with Crippen molar-refractivity contribution in [2.24, 2.45) is 5.92 Å². The minimum absolute atomic E-state index is 0.258. The first-order valence-electron chi connectivity index (χ1n) is 6.75. The molecule has 2 aromatic rings. The monoisotopic (exact) mass is 311 g/mol. The molecule has 0 radical (unpaired) electrons. The molecule has 0 spiro atoms. The standard InChI is InChI=1S/C14H18ClN3OS/c1-9-4-11(17-16-9)5-10-6-18(8-13(10)19)7-12-2-3-14(15)20-12/h2-4,10,13,19H,5-8H2,1H3,(H,16,17)/t10-,13-/m1/s1. The van der Waals surface area contributed by atoms with Gasteiger partial charge in [-0.05, 0) is 31.5 Å². The molecule has 2 atom stereocenters. The maximum absolute atomic E-state index is 10.2. The molecule has 3 heterocycles. The van der Waals surface area contributed by atoms with Crippen LogP contribution < -0.4 is 0 Å². The Balaban J connectivity index is 1.59. The molecular formula is C14H18ClN3OS. The molecule has 1 aliphatic rings. The van der Waals surface area contributed by atoms with Gasteiger partial charge in [0.25, 0.3) is 0 Å². The summed E-state index contributed by atoms with van der Waals surface area (Å²) in [6.45, 7) is 4.49. The van der Waals surface area contributed by atoms with Gasteiger partial charge in [0.2, 0.25) is 0 Å². The van der Waals surface area contributed by atoms with E-state index in [0.717, 1.165) is 41.8 Å². The van der Waals surface area contributed by atoms with Crippen molar-refractivity contribution in [1.29, 1.82) is 0 Å². The zero-order valence-corrected chi connectivity index (χ0v) is 12.9. The van der Waals surface area contributed by atoms with Crippen molar-refractivity contribution in [3.63, 3.8) is 0 Å². The third kappa shape index (κ3) is 3.23. The smallest absolute Gasteiger partial charge is 0.0931 e. The Bertz CT molecular complexity index is 582. The van der Waals surface area contributed by atoms with E-state index in [1.165, 1.54) is 4.88 Å². The van der Waals surface area contributed by atoms with E-state index in [1.807, 2.05) is 13.0 Å². The molecule has 0 saturated carbocycles. The number of β-amino-alcohol motifs (C(OH)–C–C–N with tert-alkyl or cyclic N) is 1. The number of nitrogens with one attached hydrogen (secondary N) is 1. The molecule has 1 aliphatic heterocycles. The first-order valence-corrected chi connectivity index (χ1v) is 7.95. The Morgan fingerprint density at radius 2 is 2.35 bits per heavy atom. The summed E-state index contributed by atoms with van der Waals surface area (Å²) in [5, 5.41) is 17.4. The van der Waals surface area contributed by atoms with E-state index < -0.39 is 0 Å². The Labute approximate surface area is 127 Å². The van der Waals surface area contributed by atoms with Crippen molar-refractivity contribution in [3.05, 3.63) is 38.8 Å². The molecule has 0 amide bonds. The summed E-state index contributed by atoms with van der Waals surface area (Å²) in [4.78, 5) is 3.54. The molecule has 0 unspecified atom stereocenters. The van der Waals surface area contributed by atoms with Gasteiger partial charge in [-0.25, -0.2) is 0 Å². The summed E-state index contributed by atoms with van der Waals surface area (Å²) in [6, 6.07) is 6.04. The number of nitrogens with zero attached hydrogens (tertiary/aromatic N) is 2. The van der Waals surface area contributed by atoms with E-state index in [0.29, 0.717) is 0 Å². The number of aryl methyl sites for hydroxylation is 1. The maximum atomic E-state index is 10.2. The number of aromatic nitrogens is 2. The van der Waals surface area contributed by atoms with Gasteiger partial charge >= 0.3 is 0 Å². The number of thiophene rings is 1. The largest absolute Gasteiger partial charge is 0.391 e. The molecule has 1 fully saturated rings. The van der Waals surface area contributed by atoms with Gasteiger partial charge in [-0.15, -0.1) is 11.3 Å². The van der Waals surface area contributed by atoms with Crippen molar-refractivity contribution in [3.8, 4) is 0 Å². The summed E-state index contributed by atoms with van der Waals surface area (Å²) in [5.74, 6) is 0.258. The maximum Gasteiger partial charge on any atom is 0.0931 e. The highest BCUT2D eigenvalue weighted by Crippen LogP contribution is 2.26. The molecule has 1 saturated heterocycles. The van der Waals surface area contributed by atoms with Crippen LogP contribution in [-0.4, -0.2) is 39.4 Å². The number of likely N-dealkylation sites (tertiary alicyclic amines) is 1. The third-order valence-electron chi connectivity index (χ3n) is 3.72. The number of aromatic amines is 1. The summed E-state index contributed by atoms with van der Waals surface area (Å²) < 4.78 is 0.822. The van der Waals surface area contributed by atoms with E-state index in [-0.39, 0.29) is 12.0 Å². The zero-order chi connectivity index (χ0) is 14.1. The van der Waals surface area contributed by atoms with Crippen LogP contribution in [-0.2, 0) is 13.0 Å². The molecule has 2 aromatic heterocycles. The molecular weight excluding hydrogens is 294 g/mol. The fourth-order valence-corrected chi connectivity index (χ4v) is 3.91. The second-order valence-corrected chi connectivity index (χ2v) is 7.27. The molecule has 6 heteroatoms. The van der Waals surface area contributed by atoms with Gasteiger partial charge in [0.05, 0.1) is 16.1 Å². The summed E-state index contributed by atoms with van der Waals surface area (Å²) in [5.41, 5.74) is 2.10. The molecule has 20 heavy (non-hydrogen) atoms. The van der Waals surface area contributed by atoms with Crippen LogP contribution in [0.15, 0.2) is 18.2 Å². The number of aliphatic hydroxyl groups is 1. The highest BCUT2D eigenvalue weighted by atomic mass is 35.5. The average molecular weight is 312 g/mol. The fraction of sp³-hybridized carbons (Fsp3) is 0.500. The SMILES string of the molecule is Cc1cc(C[C@@H]2CN(Cc3ccc(Cl)s3)C[C@H]2O)n[nH]1. The molecule has 0 aliphatic carbocycles. The van der Waals surface area contributed by atoms with Crippen LogP contribution in [0.3, 0.4) is 0 Å². The summed E-state index contributed by atoms with van der Waals surface area (Å²) in [6.07, 6.45) is 0.551. The summed E-state index contributed by atoms with van der Waals surface area (Å²) in [7, 11) is 0. The van der Waals surface area contributed by atoms with E-state index in [9.17, 15) is 5.11 Å². The quantitative estimate of drug-likeness (QED) is 0.912. The first kappa shape index (κ1) is 14.1.